The quantitative estimate of drug-likeness (QED) is 0.801. The van der Waals surface area contributed by atoms with E-state index in [4.69, 9.17) is 0 Å². The molecule has 0 saturated heterocycles. The first-order valence-electron chi connectivity index (χ1n) is 7.60. The zero-order chi connectivity index (χ0) is 19.2. The van der Waals surface area contributed by atoms with Crippen LogP contribution in [0.4, 0.5) is 18.9 Å². The maximum Gasteiger partial charge on any atom is 0.405 e. The molecule has 2 rings (SSSR count). The maximum atomic E-state index is 12.2. The predicted molar refractivity (Wildman–Crippen MR) is 91.5 cm³/mol. The fourth-order valence-corrected chi connectivity index (χ4v) is 1.99. The average Bonchev–Trinajstić information content (AvgIpc) is 2.60. The standard InChI is InChI=1S/C18H16F3N3O2/c1-12-5-6-13(17(26)23-11-18(19,20)21)10-15(12)24-16(25)8-7-14-4-2-3-9-22-14/h2-10H,11H2,1H3,(H,23,26)(H,24,25)/b8-7+. The van der Waals surface area contributed by atoms with Crippen molar-refractivity contribution in [2.75, 3.05) is 11.9 Å². The van der Waals surface area contributed by atoms with Gasteiger partial charge < -0.3 is 10.6 Å². The van der Waals surface area contributed by atoms with Crippen LogP contribution >= 0.6 is 0 Å². The summed E-state index contributed by atoms with van der Waals surface area (Å²) >= 11 is 0. The van der Waals surface area contributed by atoms with Crippen LogP contribution in [0.1, 0.15) is 21.6 Å². The van der Waals surface area contributed by atoms with E-state index in [1.807, 2.05) is 0 Å². The molecule has 8 heteroatoms. The van der Waals surface area contributed by atoms with Crippen molar-refractivity contribution in [2.24, 2.45) is 0 Å². The number of anilines is 1. The van der Waals surface area contributed by atoms with Gasteiger partial charge in [0.05, 0.1) is 5.69 Å². The maximum absolute atomic E-state index is 12.2. The third-order valence-corrected chi connectivity index (χ3v) is 3.30. The smallest absolute Gasteiger partial charge is 0.343 e. The molecular formula is C18H16F3N3O2. The summed E-state index contributed by atoms with van der Waals surface area (Å²) in [6, 6.07) is 9.50. The van der Waals surface area contributed by atoms with E-state index >= 15 is 0 Å². The lowest BCUT2D eigenvalue weighted by Gasteiger charge is -2.11. The van der Waals surface area contributed by atoms with Gasteiger partial charge in [0.1, 0.15) is 6.54 Å². The van der Waals surface area contributed by atoms with Crippen molar-refractivity contribution in [3.8, 4) is 0 Å². The average molecular weight is 363 g/mol. The molecule has 0 fully saturated rings. The van der Waals surface area contributed by atoms with Crippen LogP contribution in [0.25, 0.3) is 6.08 Å². The van der Waals surface area contributed by atoms with E-state index in [1.165, 1.54) is 24.3 Å². The highest BCUT2D eigenvalue weighted by molar-refractivity contribution is 6.03. The molecule has 0 spiro atoms. The molecule has 5 nitrogen and oxygen atoms in total. The van der Waals surface area contributed by atoms with Gasteiger partial charge in [-0.15, -0.1) is 0 Å². The highest BCUT2D eigenvalue weighted by atomic mass is 19.4. The van der Waals surface area contributed by atoms with Crippen LogP contribution in [0, 0.1) is 6.92 Å². The van der Waals surface area contributed by atoms with Crippen molar-refractivity contribution in [3.05, 3.63) is 65.5 Å². The Morgan fingerprint density at radius 3 is 2.62 bits per heavy atom. The summed E-state index contributed by atoms with van der Waals surface area (Å²) < 4.78 is 36.6. The fourth-order valence-electron chi connectivity index (χ4n) is 1.99. The predicted octanol–water partition coefficient (Wildman–Crippen LogP) is 3.33. The summed E-state index contributed by atoms with van der Waals surface area (Å²) in [7, 11) is 0. The first kappa shape index (κ1) is 19.2. The third kappa shape index (κ3) is 6.04. The number of benzene rings is 1. The van der Waals surface area contributed by atoms with E-state index in [1.54, 1.807) is 42.7 Å². The zero-order valence-corrected chi connectivity index (χ0v) is 13.8. The topological polar surface area (TPSA) is 71.1 Å². The van der Waals surface area contributed by atoms with Crippen molar-refractivity contribution >= 4 is 23.6 Å². The Morgan fingerprint density at radius 1 is 1.19 bits per heavy atom. The molecule has 0 aliphatic rings. The largest absolute Gasteiger partial charge is 0.405 e. The second-order valence-electron chi connectivity index (χ2n) is 5.40. The Balaban J connectivity index is 2.06. The SMILES string of the molecule is Cc1ccc(C(=O)NCC(F)(F)F)cc1NC(=O)/C=C/c1ccccn1. The van der Waals surface area contributed by atoms with Crippen molar-refractivity contribution < 1.29 is 22.8 Å². The molecule has 2 aromatic rings. The Kier molecular flexibility index (Phi) is 6.11. The van der Waals surface area contributed by atoms with Crippen LogP contribution in [0.2, 0.25) is 0 Å². The number of aryl methyl sites for hydroxylation is 1. The molecule has 2 amide bonds. The van der Waals surface area contributed by atoms with Gasteiger partial charge in [-0.1, -0.05) is 12.1 Å². The number of nitrogens with zero attached hydrogens (tertiary/aromatic N) is 1. The minimum absolute atomic E-state index is 0.0175. The van der Waals surface area contributed by atoms with Gasteiger partial charge in [-0.3, -0.25) is 14.6 Å². The van der Waals surface area contributed by atoms with Gasteiger partial charge in [-0.25, -0.2) is 0 Å². The Bertz CT molecular complexity index is 818. The molecule has 0 atom stereocenters. The van der Waals surface area contributed by atoms with Crippen molar-refractivity contribution in [1.29, 1.82) is 0 Å². The summed E-state index contributed by atoms with van der Waals surface area (Å²) in [5.41, 5.74) is 1.61. The Hall–Kier alpha value is -3.16. The molecule has 1 heterocycles. The lowest BCUT2D eigenvalue weighted by molar-refractivity contribution is -0.123. The number of pyridine rings is 1. The molecule has 26 heavy (non-hydrogen) atoms. The van der Waals surface area contributed by atoms with Gasteiger partial charge >= 0.3 is 6.18 Å². The summed E-state index contributed by atoms with van der Waals surface area (Å²) in [6.07, 6.45) is -0.110. The molecular weight excluding hydrogens is 347 g/mol. The number of halogens is 3. The van der Waals surface area contributed by atoms with Crippen molar-refractivity contribution in [1.82, 2.24) is 10.3 Å². The Labute approximate surface area is 147 Å². The van der Waals surface area contributed by atoms with Crippen LogP contribution in [0.15, 0.2) is 48.7 Å². The van der Waals surface area contributed by atoms with E-state index in [-0.39, 0.29) is 5.56 Å². The molecule has 0 bridgehead atoms. The van der Waals surface area contributed by atoms with Crippen molar-refractivity contribution in [2.45, 2.75) is 13.1 Å². The number of hydrogen-bond donors (Lipinski definition) is 2. The van der Waals surface area contributed by atoms with Crippen LogP contribution in [0.3, 0.4) is 0 Å². The van der Waals surface area contributed by atoms with E-state index in [9.17, 15) is 22.8 Å². The molecule has 0 radical (unpaired) electrons. The van der Waals surface area contributed by atoms with E-state index in [0.717, 1.165) is 0 Å². The van der Waals surface area contributed by atoms with Gasteiger partial charge in [0.15, 0.2) is 0 Å². The third-order valence-electron chi connectivity index (χ3n) is 3.30. The van der Waals surface area contributed by atoms with Crippen molar-refractivity contribution in [3.63, 3.8) is 0 Å². The second kappa shape index (κ2) is 8.28. The number of nitrogens with one attached hydrogen (secondary N) is 2. The normalized spacial score (nSPS) is 11.4. The van der Waals surface area contributed by atoms with E-state index in [2.05, 4.69) is 10.3 Å². The second-order valence-corrected chi connectivity index (χ2v) is 5.40. The first-order valence-corrected chi connectivity index (χ1v) is 7.60. The van der Waals surface area contributed by atoms with Gasteiger partial charge in [0.25, 0.3) is 5.91 Å². The van der Waals surface area contributed by atoms with Gasteiger partial charge in [-0.05, 0) is 42.8 Å². The van der Waals surface area contributed by atoms with Gasteiger partial charge in [0.2, 0.25) is 5.91 Å². The molecule has 136 valence electrons. The lowest BCUT2D eigenvalue weighted by Crippen LogP contribution is -2.33. The monoisotopic (exact) mass is 363 g/mol. The summed E-state index contributed by atoms with van der Waals surface area (Å²) in [4.78, 5) is 27.8. The number of carbonyl (C=O) groups excluding carboxylic acids is 2. The lowest BCUT2D eigenvalue weighted by atomic mass is 10.1. The van der Waals surface area contributed by atoms with E-state index in [0.29, 0.717) is 16.9 Å². The number of amides is 2. The number of rotatable bonds is 5. The molecule has 0 aliphatic carbocycles. The summed E-state index contributed by atoms with van der Waals surface area (Å²) in [6.45, 7) is 0.281. The zero-order valence-electron chi connectivity index (χ0n) is 13.8. The first-order chi connectivity index (χ1) is 12.2. The van der Waals surface area contributed by atoms with Crippen LogP contribution in [-0.4, -0.2) is 29.5 Å². The van der Waals surface area contributed by atoms with E-state index < -0.39 is 24.5 Å². The number of aromatic nitrogens is 1. The van der Waals surface area contributed by atoms with Crippen LogP contribution in [-0.2, 0) is 4.79 Å². The number of carbonyl (C=O) groups is 2. The van der Waals surface area contributed by atoms with Gasteiger partial charge in [-0.2, -0.15) is 13.2 Å². The van der Waals surface area contributed by atoms with Gasteiger partial charge in [0, 0.05) is 23.5 Å². The highest BCUT2D eigenvalue weighted by Crippen LogP contribution is 2.18. The number of alkyl halides is 3. The molecule has 1 aromatic carbocycles. The molecule has 0 unspecified atom stereocenters. The number of hydrogen-bond acceptors (Lipinski definition) is 3. The molecule has 0 aliphatic heterocycles. The minimum Gasteiger partial charge on any atom is -0.343 e. The summed E-state index contributed by atoms with van der Waals surface area (Å²) in [5.74, 6) is -1.33. The highest BCUT2D eigenvalue weighted by Gasteiger charge is 2.28. The summed E-state index contributed by atoms with van der Waals surface area (Å²) in [5, 5.41) is 4.38. The fraction of sp³-hybridized carbons (Fsp3) is 0.167. The molecule has 1 aromatic heterocycles. The molecule has 2 N–H and O–H groups in total. The minimum atomic E-state index is -4.49. The Morgan fingerprint density at radius 2 is 1.96 bits per heavy atom. The van der Waals surface area contributed by atoms with Crippen LogP contribution < -0.4 is 10.6 Å². The molecule has 0 saturated carbocycles. The van der Waals surface area contributed by atoms with Crippen LogP contribution in [0.5, 0.6) is 0 Å².